The average molecular weight is 255 g/mol. The van der Waals surface area contributed by atoms with Crippen molar-refractivity contribution in [2.75, 3.05) is 37.6 Å². The number of piperazine rings is 1. The Hall–Kier alpha value is -1.61. The van der Waals surface area contributed by atoms with Gasteiger partial charge in [-0.1, -0.05) is 31.2 Å². The van der Waals surface area contributed by atoms with Gasteiger partial charge in [-0.25, -0.2) is 4.98 Å². The highest BCUT2D eigenvalue weighted by Crippen LogP contribution is 2.24. The zero-order valence-electron chi connectivity index (χ0n) is 11.5. The molecule has 0 N–H and O–H groups in total. The number of aromatic nitrogens is 1. The Morgan fingerprint density at radius 3 is 2.63 bits per heavy atom. The number of nitrogens with zero attached hydrogens (tertiary/aromatic N) is 3. The van der Waals surface area contributed by atoms with Gasteiger partial charge in [0, 0.05) is 37.8 Å². The molecule has 0 bridgehead atoms. The molecule has 1 aliphatic heterocycles. The molecule has 3 rings (SSSR count). The molecule has 3 heteroatoms. The van der Waals surface area contributed by atoms with Crippen LogP contribution in [0.15, 0.2) is 36.5 Å². The Balaban J connectivity index is 1.82. The number of hydrogen-bond donors (Lipinski definition) is 0. The van der Waals surface area contributed by atoms with Crippen LogP contribution in [-0.2, 0) is 0 Å². The summed E-state index contributed by atoms with van der Waals surface area (Å²) in [7, 11) is 0. The fraction of sp³-hybridized carbons (Fsp3) is 0.438. The standard InChI is InChI=1S/C16H21N3/c1-2-9-18-10-12-19(13-11-18)16-15-6-4-3-5-14(15)7-8-17-16/h3-8H,2,9-13H2,1H3. The molecule has 1 fully saturated rings. The second-order valence-corrected chi connectivity index (χ2v) is 5.18. The average Bonchev–Trinajstić information content (AvgIpc) is 2.48. The minimum absolute atomic E-state index is 1.08. The molecule has 19 heavy (non-hydrogen) atoms. The van der Waals surface area contributed by atoms with Crippen molar-refractivity contribution in [2.45, 2.75) is 13.3 Å². The van der Waals surface area contributed by atoms with Crippen LogP contribution in [0.25, 0.3) is 10.8 Å². The maximum atomic E-state index is 4.61. The van der Waals surface area contributed by atoms with E-state index < -0.39 is 0 Å². The summed E-state index contributed by atoms with van der Waals surface area (Å²) >= 11 is 0. The van der Waals surface area contributed by atoms with Crippen LogP contribution in [0.1, 0.15) is 13.3 Å². The molecule has 3 nitrogen and oxygen atoms in total. The van der Waals surface area contributed by atoms with E-state index in [1.807, 2.05) is 6.20 Å². The molecule has 0 spiro atoms. The van der Waals surface area contributed by atoms with Crippen molar-refractivity contribution in [1.82, 2.24) is 9.88 Å². The topological polar surface area (TPSA) is 19.4 Å². The first-order chi connectivity index (χ1) is 9.38. The van der Waals surface area contributed by atoms with Gasteiger partial charge < -0.3 is 4.90 Å². The van der Waals surface area contributed by atoms with Gasteiger partial charge in [0.1, 0.15) is 5.82 Å². The minimum atomic E-state index is 1.08. The second kappa shape index (κ2) is 5.57. The predicted molar refractivity (Wildman–Crippen MR) is 80.7 cm³/mol. The van der Waals surface area contributed by atoms with E-state index in [0.717, 1.165) is 32.0 Å². The summed E-state index contributed by atoms with van der Waals surface area (Å²) in [4.78, 5) is 9.58. The third-order valence-corrected chi connectivity index (χ3v) is 3.86. The van der Waals surface area contributed by atoms with Crippen molar-refractivity contribution in [2.24, 2.45) is 0 Å². The molecule has 0 aliphatic carbocycles. The van der Waals surface area contributed by atoms with Gasteiger partial charge in [-0.2, -0.15) is 0 Å². The van der Waals surface area contributed by atoms with Crippen molar-refractivity contribution in [3.05, 3.63) is 36.5 Å². The summed E-state index contributed by atoms with van der Waals surface area (Å²) < 4.78 is 0. The SMILES string of the molecule is CCCN1CCN(c2nccc3ccccc23)CC1. The second-order valence-electron chi connectivity index (χ2n) is 5.18. The van der Waals surface area contributed by atoms with Crippen LogP contribution in [0.5, 0.6) is 0 Å². The molecule has 1 aromatic carbocycles. The summed E-state index contributed by atoms with van der Waals surface area (Å²) in [5.41, 5.74) is 0. The fourth-order valence-corrected chi connectivity index (χ4v) is 2.86. The Bertz CT molecular complexity index is 539. The Morgan fingerprint density at radius 2 is 1.84 bits per heavy atom. The van der Waals surface area contributed by atoms with Crippen molar-refractivity contribution >= 4 is 16.6 Å². The normalized spacial score (nSPS) is 17.0. The summed E-state index contributed by atoms with van der Waals surface area (Å²) in [6.45, 7) is 7.94. The largest absolute Gasteiger partial charge is 0.354 e. The molecular weight excluding hydrogens is 234 g/mol. The first-order valence-electron chi connectivity index (χ1n) is 7.19. The monoisotopic (exact) mass is 255 g/mol. The third kappa shape index (κ3) is 2.56. The summed E-state index contributed by atoms with van der Waals surface area (Å²) in [6.07, 6.45) is 3.17. The van der Waals surface area contributed by atoms with Crippen LogP contribution in [-0.4, -0.2) is 42.6 Å². The Morgan fingerprint density at radius 1 is 1.05 bits per heavy atom. The van der Waals surface area contributed by atoms with E-state index in [0.29, 0.717) is 0 Å². The highest BCUT2D eigenvalue weighted by molar-refractivity contribution is 5.92. The molecule has 1 saturated heterocycles. The number of benzene rings is 1. The van der Waals surface area contributed by atoms with Gasteiger partial charge in [0.25, 0.3) is 0 Å². The Labute approximate surface area is 114 Å². The van der Waals surface area contributed by atoms with Crippen LogP contribution < -0.4 is 4.90 Å². The van der Waals surface area contributed by atoms with E-state index in [1.54, 1.807) is 0 Å². The van der Waals surface area contributed by atoms with Crippen LogP contribution >= 0.6 is 0 Å². The van der Waals surface area contributed by atoms with Gasteiger partial charge in [0.05, 0.1) is 0 Å². The van der Waals surface area contributed by atoms with E-state index in [1.165, 1.54) is 23.7 Å². The van der Waals surface area contributed by atoms with Gasteiger partial charge in [-0.15, -0.1) is 0 Å². The first kappa shape index (κ1) is 12.4. The lowest BCUT2D eigenvalue weighted by Gasteiger charge is -2.35. The van der Waals surface area contributed by atoms with Crippen molar-refractivity contribution in [3.63, 3.8) is 0 Å². The molecule has 2 aromatic rings. The van der Waals surface area contributed by atoms with E-state index in [4.69, 9.17) is 0 Å². The number of pyridine rings is 1. The molecule has 0 saturated carbocycles. The maximum Gasteiger partial charge on any atom is 0.136 e. The molecule has 1 aromatic heterocycles. The summed E-state index contributed by atoms with van der Waals surface area (Å²) in [6, 6.07) is 10.6. The molecule has 0 unspecified atom stereocenters. The molecule has 0 atom stereocenters. The molecule has 2 heterocycles. The van der Waals surface area contributed by atoms with Gasteiger partial charge in [0.15, 0.2) is 0 Å². The van der Waals surface area contributed by atoms with E-state index in [2.05, 4.69) is 52.0 Å². The van der Waals surface area contributed by atoms with Crippen molar-refractivity contribution in [3.8, 4) is 0 Å². The zero-order valence-corrected chi connectivity index (χ0v) is 11.5. The smallest absolute Gasteiger partial charge is 0.136 e. The number of anilines is 1. The molecule has 0 radical (unpaired) electrons. The van der Waals surface area contributed by atoms with Crippen molar-refractivity contribution in [1.29, 1.82) is 0 Å². The lowest BCUT2D eigenvalue weighted by Crippen LogP contribution is -2.46. The summed E-state index contributed by atoms with van der Waals surface area (Å²) in [5, 5.41) is 2.55. The minimum Gasteiger partial charge on any atom is -0.354 e. The lowest BCUT2D eigenvalue weighted by molar-refractivity contribution is 0.258. The highest BCUT2D eigenvalue weighted by Gasteiger charge is 2.18. The van der Waals surface area contributed by atoms with E-state index in [-0.39, 0.29) is 0 Å². The third-order valence-electron chi connectivity index (χ3n) is 3.86. The van der Waals surface area contributed by atoms with Gasteiger partial charge >= 0.3 is 0 Å². The maximum absolute atomic E-state index is 4.61. The number of fused-ring (bicyclic) bond motifs is 1. The predicted octanol–water partition coefficient (Wildman–Crippen LogP) is 2.77. The Kier molecular flexibility index (Phi) is 3.65. The van der Waals surface area contributed by atoms with Crippen LogP contribution in [0.4, 0.5) is 5.82 Å². The highest BCUT2D eigenvalue weighted by atomic mass is 15.3. The van der Waals surface area contributed by atoms with Gasteiger partial charge in [0.2, 0.25) is 0 Å². The van der Waals surface area contributed by atoms with Gasteiger partial charge in [-0.3, -0.25) is 4.90 Å². The number of rotatable bonds is 3. The van der Waals surface area contributed by atoms with Crippen LogP contribution in [0.2, 0.25) is 0 Å². The van der Waals surface area contributed by atoms with Crippen LogP contribution in [0.3, 0.4) is 0 Å². The fourth-order valence-electron chi connectivity index (χ4n) is 2.86. The van der Waals surface area contributed by atoms with Gasteiger partial charge in [-0.05, 0) is 24.4 Å². The zero-order chi connectivity index (χ0) is 13.1. The molecule has 0 amide bonds. The molecular formula is C16H21N3. The molecule has 1 aliphatic rings. The van der Waals surface area contributed by atoms with Crippen molar-refractivity contribution < 1.29 is 0 Å². The van der Waals surface area contributed by atoms with Crippen LogP contribution in [0, 0.1) is 0 Å². The summed E-state index contributed by atoms with van der Waals surface area (Å²) in [5.74, 6) is 1.15. The first-order valence-corrected chi connectivity index (χ1v) is 7.19. The van der Waals surface area contributed by atoms with E-state index in [9.17, 15) is 0 Å². The number of hydrogen-bond acceptors (Lipinski definition) is 3. The lowest BCUT2D eigenvalue weighted by atomic mass is 10.1. The molecule has 100 valence electrons. The van der Waals surface area contributed by atoms with E-state index >= 15 is 0 Å². The quantitative estimate of drug-likeness (QED) is 0.840.